The zero-order chi connectivity index (χ0) is 14.2. The molecule has 0 bridgehead atoms. The largest absolute Gasteiger partial charge is 0.434 e. The number of amidine groups is 1. The Hall–Kier alpha value is -1.98. The Morgan fingerprint density at radius 1 is 1.25 bits per heavy atom. The van der Waals surface area contributed by atoms with Crippen LogP contribution in [0.4, 0.5) is 8.78 Å². The van der Waals surface area contributed by atoms with E-state index in [1.165, 1.54) is 18.7 Å². The highest BCUT2D eigenvalue weighted by Crippen LogP contribution is 2.18. The minimum atomic E-state index is -2.84. The molecule has 1 aliphatic rings. The number of ether oxygens (including phenoxy) is 1. The molecule has 0 saturated heterocycles. The van der Waals surface area contributed by atoms with Gasteiger partial charge in [-0.1, -0.05) is 18.6 Å². The summed E-state index contributed by atoms with van der Waals surface area (Å²) in [7, 11) is 0. The van der Waals surface area contributed by atoms with Crippen molar-refractivity contribution in [2.24, 2.45) is 10.1 Å². The Morgan fingerprint density at radius 3 is 2.95 bits per heavy atom. The number of hydrogen-bond acceptors (Lipinski definition) is 4. The summed E-state index contributed by atoms with van der Waals surface area (Å²) in [5.74, 6) is 0.946. The van der Waals surface area contributed by atoms with E-state index in [1.807, 2.05) is 0 Å². The Balaban J connectivity index is 1.98. The summed E-state index contributed by atoms with van der Waals surface area (Å²) in [5.41, 5.74) is 3.36. The van der Waals surface area contributed by atoms with Gasteiger partial charge in [-0.15, -0.1) is 0 Å². The Bertz CT molecular complexity index is 489. The Morgan fingerprint density at radius 2 is 2.10 bits per heavy atom. The quantitative estimate of drug-likeness (QED) is 0.680. The second-order valence-electron chi connectivity index (χ2n) is 4.43. The fourth-order valence-electron chi connectivity index (χ4n) is 1.93. The van der Waals surface area contributed by atoms with E-state index in [0.29, 0.717) is 5.56 Å². The molecule has 0 amide bonds. The van der Waals surface area contributed by atoms with Gasteiger partial charge in [0.1, 0.15) is 11.6 Å². The van der Waals surface area contributed by atoms with Gasteiger partial charge in [0, 0.05) is 18.5 Å². The van der Waals surface area contributed by atoms with Crippen molar-refractivity contribution in [3.05, 3.63) is 29.8 Å². The predicted octanol–water partition coefficient (Wildman–Crippen LogP) is 3.18. The minimum Gasteiger partial charge on any atom is -0.434 e. The number of aliphatic imine (C=N–C) groups is 1. The van der Waals surface area contributed by atoms with Gasteiger partial charge in [0.2, 0.25) is 0 Å². The lowest BCUT2D eigenvalue weighted by Crippen LogP contribution is -2.17. The average Bonchev–Trinajstić information content (AvgIpc) is 2.69. The van der Waals surface area contributed by atoms with Crippen molar-refractivity contribution < 1.29 is 13.5 Å². The van der Waals surface area contributed by atoms with E-state index < -0.39 is 6.61 Å². The van der Waals surface area contributed by atoms with E-state index in [4.69, 9.17) is 0 Å². The van der Waals surface area contributed by atoms with Crippen LogP contribution >= 0.6 is 0 Å². The number of hydrogen-bond donors (Lipinski definition) is 1. The first kappa shape index (κ1) is 14.4. The molecule has 0 aromatic heterocycles. The first-order valence-electron chi connectivity index (χ1n) is 6.62. The van der Waals surface area contributed by atoms with Crippen LogP contribution in [-0.2, 0) is 0 Å². The summed E-state index contributed by atoms with van der Waals surface area (Å²) in [4.78, 5) is 4.37. The molecule has 20 heavy (non-hydrogen) atoms. The average molecular weight is 281 g/mol. The number of para-hydroxylation sites is 1. The standard InChI is InChI=1S/C14H17F2N3O/c15-14(16)20-12-7-4-3-6-11(12)10-18-19-13-8-2-1-5-9-17-13/h3-4,6-7,10,14H,1-2,5,8-9H2,(H,17,19). The van der Waals surface area contributed by atoms with Gasteiger partial charge in [-0.05, 0) is 25.0 Å². The van der Waals surface area contributed by atoms with Crippen LogP contribution in [0.5, 0.6) is 5.75 Å². The van der Waals surface area contributed by atoms with Crippen molar-refractivity contribution in [2.45, 2.75) is 32.3 Å². The van der Waals surface area contributed by atoms with Gasteiger partial charge in [0.25, 0.3) is 0 Å². The number of nitrogens with zero attached hydrogens (tertiary/aromatic N) is 2. The molecule has 0 fully saturated rings. The molecule has 1 aromatic rings. The Kier molecular flexibility index (Phi) is 5.46. The number of alkyl halides is 2. The first-order chi connectivity index (χ1) is 9.75. The van der Waals surface area contributed by atoms with Gasteiger partial charge in [-0.25, -0.2) is 0 Å². The third kappa shape index (κ3) is 4.60. The SMILES string of the molecule is FC(F)Oc1ccccc1C=NNC1=NCCCCC1. The molecule has 1 aliphatic heterocycles. The number of benzene rings is 1. The van der Waals surface area contributed by atoms with Crippen molar-refractivity contribution in [1.29, 1.82) is 0 Å². The van der Waals surface area contributed by atoms with Crippen LogP contribution in [0.25, 0.3) is 0 Å². The van der Waals surface area contributed by atoms with E-state index in [9.17, 15) is 8.78 Å². The maximum absolute atomic E-state index is 12.3. The molecule has 1 aromatic carbocycles. The maximum atomic E-state index is 12.3. The molecular weight excluding hydrogens is 264 g/mol. The van der Waals surface area contributed by atoms with Crippen LogP contribution in [0.15, 0.2) is 34.4 Å². The molecule has 0 radical (unpaired) electrons. The zero-order valence-corrected chi connectivity index (χ0v) is 11.1. The van der Waals surface area contributed by atoms with Crippen LogP contribution in [0.3, 0.4) is 0 Å². The molecule has 0 spiro atoms. The summed E-state index contributed by atoms with van der Waals surface area (Å²) in [5, 5.41) is 4.04. The van der Waals surface area contributed by atoms with Gasteiger partial charge in [0.05, 0.1) is 6.21 Å². The second-order valence-corrected chi connectivity index (χ2v) is 4.43. The molecule has 0 aliphatic carbocycles. The monoisotopic (exact) mass is 281 g/mol. The van der Waals surface area contributed by atoms with Crippen molar-refractivity contribution in [3.63, 3.8) is 0 Å². The molecular formula is C14H17F2N3O. The third-order valence-electron chi connectivity index (χ3n) is 2.91. The lowest BCUT2D eigenvalue weighted by molar-refractivity contribution is -0.0499. The summed E-state index contributed by atoms with van der Waals surface area (Å²) in [6, 6.07) is 6.52. The predicted molar refractivity (Wildman–Crippen MR) is 74.6 cm³/mol. The van der Waals surface area contributed by atoms with E-state index >= 15 is 0 Å². The van der Waals surface area contributed by atoms with Gasteiger partial charge < -0.3 is 4.74 Å². The summed E-state index contributed by atoms with van der Waals surface area (Å²) in [6.07, 6.45) is 5.69. The van der Waals surface area contributed by atoms with Crippen LogP contribution in [0.1, 0.15) is 31.2 Å². The molecule has 1 heterocycles. The second kappa shape index (κ2) is 7.57. The van der Waals surface area contributed by atoms with Crippen molar-refractivity contribution >= 4 is 12.1 Å². The van der Waals surface area contributed by atoms with Crippen LogP contribution in [0, 0.1) is 0 Å². The van der Waals surface area contributed by atoms with E-state index in [2.05, 4.69) is 20.3 Å². The summed E-state index contributed by atoms with van der Waals surface area (Å²) >= 11 is 0. The number of rotatable bonds is 4. The molecule has 6 heteroatoms. The molecule has 2 rings (SSSR count). The van der Waals surface area contributed by atoms with Crippen molar-refractivity contribution in [1.82, 2.24) is 5.43 Å². The molecule has 0 unspecified atom stereocenters. The number of nitrogens with one attached hydrogen (secondary N) is 1. The van der Waals surface area contributed by atoms with Gasteiger partial charge in [-0.3, -0.25) is 10.4 Å². The number of halogens is 2. The molecule has 108 valence electrons. The lowest BCUT2D eigenvalue weighted by Gasteiger charge is -2.07. The highest BCUT2D eigenvalue weighted by molar-refractivity contribution is 5.86. The first-order valence-corrected chi connectivity index (χ1v) is 6.62. The van der Waals surface area contributed by atoms with E-state index in [-0.39, 0.29) is 5.75 Å². The van der Waals surface area contributed by atoms with Crippen molar-refractivity contribution in [2.75, 3.05) is 6.54 Å². The molecule has 0 atom stereocenters. The van der Waals surface area contributed by atoms with Gasteiger partial charge >= 0.3 is 6.61 Å². The zero-order valence-electron chi connectivity index (χ0n) is 11.1. The smallest absolute Gasteiger partial charge is 0.387 e. The molecule has 1 N–H and O–H groups in total. The highest BCUT2D eigenvalue weighted by atomic mass is 19.3. The fourth-order valence-corrected chi connectivity index (χ4v) is 1.93. The van der Waals surface area contributed by atoms with Crippen molar-refractivity contribution in [3.8, 4) is 5.75 Å². The minimum absolute atomic E-state index is 0.107. The number of hydrazone groups is 1. The summed E-state index contributed by atoms with van der Waals surface area (Å²) < 4.78 is 28.9. The highest BCUT2D eigenvalue weighted by Gasteiger charge is 2.07. The van der Waals surface area contributed by atoms with Gasteiger partial charge in [0.15, 0.2) is 0 Å². The Labute approximate surface area is 116 Å². The van der Waals surface area contributed by atoms with E-state index in [1.54, 1.807) is 18.2 Å². The van der Waals surface area contributed by atoms with Crippen LogP contribution in [0.2, 0.25) is 0 Å². The molecule has 0 saturated carbocycles. The fraction of sp³-hybridized carbons (Fsp3) is 0.429. The maximum Gasteiger partial charge on any atom is 0.387 e. The van der Waals surface area contributed by atoms with Crippen LogP contribution in [-0.4, -0.2) is 25.2 Å². The van der Waals surface area contributed by atoms with E-state index in [0.717, 1.165) is 31.6 Å². The normalized spacial score (nSPS) is 16.1. The van der Waals surface area contributed by atoms with Gasteiger partial charge in [-0.2, -0.15) is 13.9 Å². The third-order valence-corrected chi connectivity index (χ3v) is 2.91. The topological polar surface area (TPSA) is 46.0 Å². The molecule has 4 nitrogen and oxygen atoms in total. The lowest BCUT2D eigenvalue weighted by atomic mass is 10.2. The van der Waals surface area contributed by atoms with Crippen LogP contribution < -0.4 is 10.2 Å². The summed E-state index contributed by atoms with van der Waals surface area (Å²) in [6.45, 7) is -2.04.